The van der Waals surface area contributed by atoms with Gasteiger partial charge in [0.15, 0.2) is 0 Å². The number of hydrogen-bond acceptors (Lipinski definition) is 5. The van der Waals surface area contributed by atoms with Crippen LogP contribution in [0.4, 0.5) is 14.5 Å². The number of thiophene rings is 1. The van der Waals surface area contributed by atoms with Gasteiger partial charge >= 0.3 is 0 Å². The summed E-state index contributed by atoms with van der Waals surface area (Å²) in [6, 6.07) is 23.3. The molecule has 2 N–H and O–H groups in total. The van der Waals surface area contributed by atoms with Crippen LogP contribution in [0.1, 0.15) is 21.7 Å². The third-order valence-electron chi connectivity index (χ3n) is 7.21. The summed E-state index contributed by atoms with van der Waals surface area (Å²) in [6.07, 6.45) is 1.28. The minimum Gasteiger partial charge on any atom is -0.460 e. The number of primary amides is 1. The highest BCUT2D eigenvalue weighted by Gasteiger charge is 2.25. The lowest BCUT2D eigenvalue weighted by Crippen LogP contribution is -2.25. The Hall–Kier alpha value is -4.54. The van der Waals surface area contributed by atoms with E-state index >= 15 is 0 Å². The number of rotatable bonds is 7. The third-order valence-corrected chi connectivity index (χ3v) is 9.55. The molecule has 4 aromatic carbocycles. The Balaban J connectivity index is 1.55. The van der Waals surface area contributed by atoms with Crippen molar-refractivity contribution >= 4 is 54.0 Å². The van der Waals surface area contributed by atoms with E-state index in [1.54, 1.807) is 36.4 Å². The minimum atomic E-state index is -3.69. The van der Waals surface area contributed by atoms with E-state index < -0.39 is 15.9 Å². The molecule has 0 aliphatic heterocycles. The first-order valence-corrected chi connectivity index (χ1v) is 15.5. The number of hydrogen-bond donors (Lipinski definition) is 1. The van der Waals surface area contributed by atoms with Crippen molar-refractivity contribution < 1.29 is 26.4 Å². The molecule has 0 radical (unpaired) electrons. The van der Waals surface area contributed by atoms with E-state index in [1.165, 1.54) is 36.6 Å². The highest BCUT2D eigenvalue weighted by Crippen LogP contribution is 2.41. The van der Waals surface area contributed by atoms with Crippen LogP contribution >= 0.6 is 11.3 Å². The highest BCUT2D eigenvalue weighted by atomic mass is 32.2. The first-order valence-electron chi connectivity index (χ1n) is 12.9. The lowest BCUT2D eigenvalue weighted by atomic mass is 9.97. The maximum Gasteiger partial charge on any atom is 0.252 e. The fraction of sp³-hybridized carbons (Fsp3) is 0.0938. The number of carbonyl (C=O) groups excluding carboxylic acids is 1. The molecule has 0 aliphatic carbocycles. The molecule has 2 heterocycles. The first-order chi connectivity index (χ1) is 20.0. The van der Waals surface area contributed by atoms with Crippen LogP contribution in [0, 0.1) is 11.6 Å². The number of sulfonamides is 1. The van der Waals surface area contributed by atoms with Gasteiger partial charge in [0.2, 0.25) is 10.0 Å². The fourth-order valence-corrected chi connectivity index (χ4v) is 6.62. The molecule has 0 atom stereocenters. The zero-order valence-corrected chi connectivity index (χ0v) is 24.2. The molecule has 212 valence electrons. The van der Waals surface area contributed by atoms with Crippen LogP contribution < -0.4 is 10.0 Å². The predicted octanol–water partition coefficient (Wildman–Crippen LogP) is 7.35. The average molecular weight is 603 g/mol. The van der Waals surface area contributed by atoms with Crippen molar-refractivity contribution in [1.82, 2.24) is 0 Å². The zero-order chi connectivity index (χ0) is 29.8. The maximum absolute atomic E-state index is 14.4. The molecule has 0 spiro atoms. The lowest BCUT2D eigenvalue weighted by molar-refractivity contribution is 0.1000. The maximum atomic E-state index is 14.4. The van der Waals surface area contributed by atoms with Gasteiger partial charge in [-0.1, -0.05) is 36.4 Å². The molecule has 6 nitrogen and oxygen atoms in total. The van der Waals surface area contributed by atoms with Gasteiger partial charge in [0.05, 0.1) is 17.5 Å². The van der Waals surface area contributed by atoms with E-state index in [0.29, 0.717) is 33.2 Å². The van der Waals surface area contributed by atoms with Crippen molar-refractivity contribution in [3.63, 3.8) is 0 Å². The van der Waals surface area contributed by atoms with E-state index in [0.717, 1.165) is 25.7 Å². The van der Waals surface area contributed by atoms with Crippen LogP contribution in [-0.4, -0.2) is 27.6 Å². The summed E-state index contributed by atoms with van der Waals surface area (Å²) < 4.78 is 61.3. The van der Waals surface area contributed by atoms with Crippen molar-refractivity contribution in [2.75, 3.05) is 17.6 Å². The summed E-state index contributed by atoms with van der Waals surface area (Å²) in [5.41, 5.74) is 9.33. The summed E-state index contributed by atoms with van der Waals surface area (Å²) in [7, 11) is -2.25. The summed E-state index contributed by atoms with van der Waals surface area (Å²) >= 11 is 1.45. The number of carbonyl (C=O) groups is 1. The van der Waals surface area contributed by atoms with Gasteiger partial charge in [-0.05, 0) is 59.2 Å². The number of halogens is 2. The molecule has 0 saturated heterocycles. The van der Waals surface area contributed by atoms with Crippen LogP contribution in [0.5, 0.6) is 0 Å². The molecule has 0 aliphatic rings. The lowest BCUT2D eigenvalue weighted by Gasteiger charge is -2.21. The molecule has 6 aromatic rings. The molecular formula is C32H24F2N2O4S2. The van der Waals surface area contributed by atoms with Gasteiger partial charge < -0.3 is 10.2 Å². The summed E-state index contributed by atoms with van der Waals surface area (Å²) in [5.74, 6) is -1.11. The van der Waals surface area contributed by atoms with Crippen molar-refractivity contribution in [2.24, 2.45) is 5.73 Å². The number of benzene rings is 4. The molecule has 42 heavy (non-hydrogen) atoms. The van der Waals surface area contributed by atoms with Gasteiger partial charge in [-0.15, -0.1) is 11.3 Å². The standard InChI is InChI=1S/C32H24F2N2O4S2/c1-36(42(2,38)39)26-17-27-24(31(32(35)37)28(40-27)13-18-9-11-21(33)12-10-18)15-22(26)19-5-3-6-20(14-19)30-16-23-25(34)7-4-8-29(23)41-30/h3-12,14-17H,13H2,1-2H3,(H2,35,37). The summed E-state index contributed by atoms with van der Waals surface area (Å²) in [4.78, 5) is 13.5. The first kappa shape index (κ1) is 27.6. The molecule has 0 bridgehead atoms. The molecule has 10 heteroatoms. The van der Waals surface area contributed by atoms with Crippen molar-refractivity contribution in [1.29, 1.82) is 0 Å². The molecule has 6 rings (SSSR count). The smallest absolute Gasteiger partial charge is 0.252 e. The molecule has 0 fully saturated rings. The minimum absolute atomic E-state index is 0.167. The Bertz CT molecular complexity index is 2120. The summed E-state index contributed by atoms with van der Waals surface area (Å²) in [5, 5.41) is 0.953. The topological polar surface area (TPSA) is 93.6 Å². The fourth-order valence-electron chi connectivity index (χ4n) is 5.04. The second-order valence-corrected chi connectivity index (χ2v) is 13.1. The van der Waals surface area contributed by atoms with Gasteiger partial charge in [-0.3, -0.25) is 9.10 Å². The van der Waals surface area contributed by atoms with Crippen LogP contribution in [0.25, 0.3) is 42.6 Å². The van der Waals surface area contributed by atoms with Gasteiger partial charge in [0, 0.05) is 45.4 Å². The Morgan fingerprint density at radius 2 is 1.64 bits per heavy atom. The van der Waals surface area contributed by atoms with E-state index in [4.69, 9.17) is 10.2 Å². The van der Waals surface area contributed by atoms with E-state index in [1.807, 2.05) is 30.3 Å². The second kappa shape index (κ2) is 10.4. The van der Waals surface area contributed by atoms with Crippen molar-refractivity contribution in [3.05, 3.63) is 113 Å². The highest BCUT2D eigenvalue weighted by molar-refractivity contribution is 7.92. The van der Waals surface area contributed by atoms with Gasteiger partial charge in [-0.25, -0.2) is 17.2 Å². The number of furan rings is 1. The molecule has 0 unspecified atom stereocenters. The Labute approximate surface area is 244 Å². The molecule has 2 aromatic heterocycles. The SMILES string of the molecule is CN(c1cc2oc(Cc3ccc(F)cc3)c(C(N)=O)c2cc1-c1cccc(-c2cc3c(F)cccc3s2)c1)S(C)(=O)=O. The van der Waals surface area contributed by atoms with Crippen LogP contribution in [-0.2, 0) is 16.4 Å². The van der Waals surface area contributed by atoms with Crippen molar-refractivity contribution in [3.8, 4) is 21.6 Å². The Kier molecular flexibility index (Phi) is 6.83. The van der Waals surface area contributed by atoms with Gasteiger partial charge in [-0.2, -0.15) is 0 Å². The quantitative estimate of drug-likeness (QED) is 0.207. The Morgan fingerprint density at radius 1 is 0.929 bits per heavy atom. The van der Waals surface area contributed by atoms with Crippen LogP contribution in [0.2, 0.25) is 0 Å². The predicted molar refractivity (Wildman–Crippen MR) is 163 cm³/mol. The number of nitrogens with zero attached hydrogens (tertiary/aromatic N) is 1. The van der Waals surface area contributed by atoms with Crippen molar-refractivity contribution in [2.45, 2.75) is 6.42 Å². The van der Waals surface area contributed by atoms with Crippen LogP contribution in [0.3, 0.4) is 0 Å². The normalized spacial score (nSPS) is 11.8. The number of anilines is 1. The second-order valence-electron chi connectivity index (χ2n) is 10.0. The zero-order valence-electron chi connectivity index (χ0n) is 22.5. The Morgan fingerprint density at radius 3 is 2.33 bits per heavy atom. The van der Waals surface area contributed by atoms with E-state index in [9.17, 15) is 22.0 Å². The summed E-state index contributed by atoms with van der Waals surface area (Å²) in [6.45, 7) is 0. The number of nitrogens with two attached hydrogens (primary N) is 1. The molecular weight excluding hydrogens is 578 g/mol. The van der Waals surface area contributed by atoms with E-state index in [-0.39, 0.29) is 35.0 Å². The van der Waals surface area contributed by atoms with Crippen LogP contribution in [0.15, 0.2) is 89.3 Å². The average Bonchev–Trinajstić information content (AvgIpc) is 3.55. The molecule has 1 amide bonds. The molecule has 0 saturated carbocycles. The third kappa shape index (κ3) is 5.03. The van der Waals surface area contributed by atoms with Gasteiger partial charge in [0.1, 0.15) is 23.0 Å². The van der Waals surface area contributed by atoms with E-state index in [2.05, 4.69) is 0 Å². The number of amides is 1. The largest absolute Gasteiger partial charge is 0.460 e. The number of fused-ring (bicyclic) bond motifs is 2. The monoisotopic (exact) mass is 602 g/mol. The van der Waals surface area contributed by atoms with Gasteiger partial charge in [0.25, 0.3) is 5.91 Å².